The van der Waals surface area contributed by atoms with Gasteiger partial charge < -0.3 is 9.84 Å². The van der Waals surface area contributed by atoms with E-state index in [1.807, 2.05) is 0 Å². The average molecular weight is 235 g/mol. The standard InChI is InChI=1S/C9H8F3NO3/c1-2-16-9(15)6-4(7(10)11)3-5(14)8(12)13-6/h3,7,14H,2H2,1H3. The highest BCUT2D eigenvalue weighted by Gasteiger charge is 2.24. The number of hydrogen-bond donors (Lipinski definition) is 1. The van der Waals surface area contributed by atoms with E-state index >= 15 is 0 Å². The number of aromatic nitrogens is 1. The molecule has 16 heavy (non-hydrogen) atoms. The highest BCUT2D eigenvalue weighted by atomic mass is 19.3. The number of hydrogen-bond acceptors (Lipinski definition) is 4. The minimum atomic E-state index is -3.06. The lowest BCUT2D eigenvalue weighted by Gasteiger charge is -2.07. The van der Waals surface area contributed by atoms with Crippen LogP contribution >= 0.6 is 0 Å². The Balaban J connectivity index is 3.24. The van der Waals surface area contributed by atoms with Gasteiger partial charge in [-0.1, -0.05) is 0 Å². The summed E-state index contributed by atoms with van der Waals surface area (Å²) in [4.78, 5) is 14.1. The van der Waals surface area contributed by atoms with Crippen LogP contribution in [0.2, 0.25) is 0 Å². The fourth-order valence-electron chi connectivity index (χ4n) is 1.02. The zero-order valence-corrected chi connectivity index (χ0v) is 8.21. The number of esters is 1. The molecule has 1 aromatic heterocycles. The Labute approximate surface area is 88.7 Å². The van der Waals surface area contributed by atoms with Gasteiger partial charge in [-0.2, -0.15) is 4.39 Å². The van der Waals surface area contributed by atoms with Crippen molar-refractivity contribution in [3.63, 3.8) is 0 Å². The number of ether oxygens (including phenoxy) is 1. The van der Waals surface area contributed by atoms with Crippen molar-refractivity contribution >= 4 is 5.97 Å². The molecule has 4 nitrogen and oxygen atoms in total. The lowest BCUT2D eigenvalue weighted by Crippen LogP contribution is -2.12. The van der Waals surface area contributed by atoms with E-state index in [4.69, 9.17) is 5.11 Å². The first-order valence-electron chi connectivity index (χ1n) is 4.32. The third kappa shape index (κ3) is 2.41. The van der Waals surface area contributed by atoms with Crippen molar-refractivity contribution in [3.05, 3.63) is 23.3 Å². The van der Waals surface area contributed by atoms with Crippen LogP contribution in [0.3, 0.4) is 0 Å². The van der Waals surface area contributed by atoms with E-state index in [0.717, 1.165) is 0 Å². The normalized spacial score (nSPS) is 10.6. The molecular weight excluding hydrogens is 227 g/mol. The van der Waals surface area contributed by atoms with Crippen molar-refractivity contribution in [2.75, 3.05) is 6.61 Å². The van der Waals surface area contributed by atoms with Crippen molar-refractivity contribution in [1.82, 2.24) is 4.98 Å². The molecule has 0 atom stereocenters. The average Bonchev–Trinajstić information content (AvgIpc) is 2.21. The summed E-state index contributed by atoms with van der Waals surface area (Å²) >= 11 is 0. The topological polar surface area (TPSA) is 59.4 Å². The molecule has 0 amide bonds. The van der Waals surface area contributed by atoms with Crippen molar-refractivity contribution in [2.24, 2.45) is 0 Å². The van der Waals surface area contributed by atoms with Gasteiger partial charge in [0, 0.05) is 0 Å². The summed E-state index contributed by atoms with van der Waals surface area (Å²) in [7, 11) is 0. The molecule has 0 bridgehead atoms. The van der Waals surface area contributed by atoms with Crippen molar-refractivity contribution < 1.29 is 27.8 Å². The number of carbonyl (C=O) groups excluding carboxylic acids is 1. The summed E-state index contributed by atoms with van der Waals surface area (Å²) in [6.07, 6.45) is -3.06. The molecule has 0 saturated heterocycles. The van der Waals surface area contributed by atoms with Crippen LogP contribution in [-0.4, -0.2) is 22.7 Å². The van der Waals surface area contributed by atoms with Crippen LogP contribution in [0.5, 0.6) is 5.75 Å². The van der Waals surface area contributed by atoms with Gasteiger partial charge in [-0.25, -0.2) is 18.6 Å². The maximum absolute atomic E-state index is 12.8. The van der Waals surface area contributed by atoms with Gasteiger partial charge in [0.15, 0.2) is 11.4 Å². The van der Waals surface area contributed by atoms with E-state index in [1.54, 1.807) is 0 Å². The van der Waals surface area contributed by atoms with Crippen LogP contribution in [-0.2, 0) is 4.74 Å². The maximum Gasteiger partial charge on any atom is 0.357 e. The lowest BCUT2D eigenvalue weighted by atomic mass is 10.2. The number of rotatable bonds is 3. The van der Waals surface area contributed by atoms with Crippen LogP contribution in [0.1, 0.15) is 29.4 Å². The summed E-state index contributed by atoms with van der Waals surface area (Å²) in [5.74, 6) is -3.59. The third-order valence-corrected chi connectivity index (χ3v) is 1.69. The fourth-order valence-corrected chi connectivity index (χ4v) is 1.02. The molecule has 1 N–H and O–H groups in total. The number of carbonyl (C=O) groups is 1. The monoisotopic (exact) mass is 235 g/mol. The Morgan fingerprint density at radius 2 is 2.25 bits per heavy atom. The largest absolute Gasteiger partial charge is 0.504 e. The molecule has 1 rings (SSSR count). The first kappa shape index (κ1) is 12.3. The van der Waals surface area contributed by atoms with Gasteiger partial charge in [0.2, 0.25) is 0 Å². The summed E-state index contributed by atoms with van der Waals surface area (Å²) in [6, 6.07) is 0.458. The molecule has 0 aromatic carbocycles. The van der Waals surface area contributed by atoms with Crippen LogP contribution in [0.15, 0.2) is 6.07 Å². The molecule has 0 spiro atoms. The number of nitrogens with zero attached hydrogens (tertiary/aromatic N) is 1. The zero-order chi connectivity index (χ0) is 12.3. The Kier molecular flexibility index (Phi) is 3.70. The van der Waals surface area contributed by atoms with Crippen molar-refractivity contribution in [2.45, 2.75) is 13.3 Å². The molecule has 0 fully saturated rings. The smallest absolute Gasteiger partial charge is 0.357 e. The van der Waals surface area contributed by atoms with E-state index in [1.165, 1.54) is 6.92 Å². The van der Waals surface area contributed by atoms with Crippen LogP contribution in [0.4, 0.5) is 13.2 Å². The van der Waals surface area contributed by atoms with Gasteiger partial charge in [-0.15, -0.1) is 0 Å². The number of alkyl halides is 2. The summed E-state index contributed by atoms with van der Waals surface area (Å²) < 4.78 is 42.2. The molecule has 0 saturated carbocycles. The first-order chi connectivity index (χ1) is 7.47. The van der Waals surface area contributed by atoms with E-state index in [0.29, 0.717) is 6.07 Å². The Morgan fingerprint density at radius 1 is 1.62 bits per heavy atom. The second-order valence-electron chi connectivity index (χ2n) is 2.76. The van der Waals surface area contributed by atoms with E-state index in [2.05, 4.69) is 9.72 Å². The van der Waals surface area contributed by atoms with E-state index in [-0.39, 0.29) is 6.61 Å². The van der Waals surface area contributed by atoms with Crippen molar-refractivity contribution in [3.8, 4) is 5.75 Å². The van der Waals surface area contributed by atoms with Gasteiger partial charge in [-0.05, 0) is 13.0 Å². The number of pyridine rings is 1. The first-order valence-corrected chi connectivity index (χ1v) is 4.32. The summed E-state index contributed by atoms with van der Waals surface area (Å²) in [5.41, 5.74) is -1.69. The van der Waals surface area contributed by atoms with E-state index < -0.39 is 35.3 Å². The Bertz CT molecular complexity index is 409. The predicted molar refractivity (Wildman–Crippen MR) is 46.8 cm³/mol. The maximum atomic E-state index is 12.8. The SMILES string of the molecule is CCOC(=O)c1nc(F)c(O)cc1C(F)F. The highest BCUT2D eigenvalue weighted by Crippen LogP contribution is 2.27. The Hall–Kier alpha value is -1.79. The quantitative estimate of drug-likeness (QED) is 0.643. The summed E-state index contributed by atoms with van der Waals surface area (Å²) in [6.45, 7) is 1.42. The molecule has 0 radical (unpaired) electrons. The van der Waals surface area contributed by atoms with Gasteiger partial charge in [0.1, 0.15) is 0 Å². The molecular formula is C9H8F3NO3. The second kappa shape index (κ2) is 4.82. The van der Waals surface area contributed by atoms with Crippen LogP contribution < -0.4 is 0 Å². The van der Waals surface area contributed by atoms with Gasteiger partial charge in [0.05, 0.1) is 12.2 Å². The molecule has 7 heteroatoms. The Morgan fingerprint density at radius 3 is 2.75 bits per heavy atom. The molecule has 0 aliphatic heterocycles. The minimum Gasteiger partial charge on any atom is -0.504 e. The third-order valence-electron chi connectivity index (χ3n) is 1.69. The predicted octanol–water partition coefficient (Wildman–Crippen LogP) is 2.04. The van der Waals surface area contributed by atoms with Crippen LogP contribution in [0, 0.1) is 5.95 Å². The van der Waals surface area contributed by atoms with Crippen molar-refractivity contribution in [1.29, 1.82) is 0 Å². The fraction of sp³-hybridized carbons (Fsp3) is 0.333. The van der Waals surface area contributed by atoms with Gasteiger partial charge >= 0.3 is 5.97 Å². The molecule has 0 aliphatic rings. The van der Waals surface area contributed by atoms with Gasteiger partial charge in [0.25, 0.3) is 12.4 Å². The molecule has 1 aromatic rings. The number of halogens is 3. The second-order valence-corrected chi connectivity index (χ2v) is 2.76. The molecule has 0 aliphatic carbocycles. The minimum absolute atomic E-state index is 0.0499. The molecule has 1 heterocycles. The lowest BCUT2D eigenvalue weighted by molar-refractivity contribution is 0.0505. The zero-order valence-electron chi connectivity index (χ0n) is 8.21. The molecule has 0 unspecified atom stereocenters. The number of aromatic hydroxyl groups is 1. The summed E-state index contributed by atoms with van der Waals surface area (Å²) in [5, 5.41) is 8.86. The van der Waals surface area contributed by atoms with Crippen LogP contribution in [0.25, 0.3) is 0 Å². The molecule has 88 valence electrons. The van der Waals surface area contributed by atoms with Gasteiger partial charge in [-0.3, -0.25) is 0 Å². The highest BCUT2D eigenvalue weighted by molar-refractivity contribution is 5.89. The van der Waals surface area contributed by atoms with E-state index in [9.17, 15) is 18.0 Å².